The Bertz CT molecular complexity index is 497. The van der Waals surface area contributed by atoms with Crippen LogP contribution in [-0.4, -0.2) is 46.2 Å². The molecule has 116 valence electrons. The number of rotatable bonds is 4. The Morgan fingerprint density at radius 3 is 3.14 bits per heavy atom. The molecule has 0 aliphatic carbocycles. The van der Waals surface area contributed by atoms with E-state index in [1.165, 1.54) is 11.3 Å². The predicted molar refractivity (Wildman–Crippen MR) is 80.4 cm³/mol. The lowest BCUT2D eigenvalue weighted by Crippen LogP contribution is -2.37. The number of hydrogen-bond acceptors (Lipinski definition) is 5. The zero-order valence-electron chi connectivity index (χ0n) is 12.3. The number of hydrogen-bond donors (Lipinski definition) is 1. The predicted octanol–water partition coefficient (Wildman–Crippen LogP) is 2.37. The number of amides is 1. The number of aromatic nitrogens is 1. The summed E-state index contributed by atoms with van der Waals surface area (Å²) in [5.74, 6) is -0.00125. The highest BCUT2D eigenvalue weighted by atomic mass is 32.1. The van der Waals surface area contributed by atoms with E-state index in [-0.39, 0.29) is 24.2 Å². The van der Waals surface area contributed by atoms with E-state index in [4.69, 9.17) is 4.74 Å². The van der Waals surface area contributed by atoms with Crippen molar-refractivity contribution in [1.82, 2.24) is 9.88 Å². The largest absolute Gasteiger partial charge is 0.393 e. The van der Waals surface area contributed by atoms with Gasteiger partial charge in [-0.2, -0.15) is 0 Å². The summed E-state index contributed by atoms with van der Waals surface area (Å²) in [7, 11) is 0. The fourth-order valence-electron chi connectivity index (χ4n) is 3.20. The van der Waals surface area contributed by atoms with E-state index < -0.39 is 0 Å². The lowest BCUT2D eigenvalue weighted by molar-refractivity contribution is 0.0675. The van der Waals surface area contributed by atoms with Gasteiger partial charge in [-0.3, -0.25) is 4.79 Å². The Kier molecular flexibility index (Phi) is 4.57. The fraction of sp³-hybridized carbons (Fsp3) is 0.733. The number of aliphatic hydroxyl groups is 1. The molecule has 3 heterocycles. The molecule has 3 atom stereocenters. The van der Waals surface area contributed by atoms with Crippen molar-refractivity contribution < 1.29 is 14.6 Å². The van der Waals surface area contributed by atoms with Gasteiger partial charge in [0.2, 0.25) is 0 Å². The van der Waals surface area contributed by atoms with Crippen molar-refractivity contribution in [2.45, 2.75) is 57.3 Å². The first-order valence-electron chi connectivity index (χ1n) is 7.71. The van der Waals surface area contributed by atoms with Crippen LogP contribution in [0.3, 0.4) is 0 Å². The Morgan fingerprint density at radius 1 is 1.57 bits per heavy atom. The molecule has 0 bridgehead atoms. The minimum atomic E-state index is -0.374. The van der Waals surface area contributed by atoms with Gasteiger partial charge < -0.3 is 14.7 Å². The van der Waals surface area contributed by atoms with Crippen LogP contribution >= 0.6 is 11.3 Å². The zero-order chi connectivity index (χ0) is 14.8. The van der Waals surface area contributed by atoms with Crippen LogP contribution in [0, 0.1) is 0 Å². The molecule has 2 aliphatic rings. The van der Waals surface area contributed by atoms with Crippen molar-refractivity contribution in [2.75, 3.05) is 13.2 Å². The summed E-state index contributed by atoms with van der Waals surface area (Å²) in [6.07, 6.45) is 4.38. The van der Waals surface area contributed by atoms with Crippen molar-refractivity contribution in [2.24, 2.45) is 0 Å². The molecule has 2 aliphatic heterocycles. The summed E-state index contributed by atoms with van der Waals surface area (Å²) >= 11 is 1.52. The molecule has 1 aromatic rings. The van der Waals surface area contributed by atoms with Gasteiger partial charge in [-0.15, -0.1) is 11.3 Å². The van der Waals surface area contributed by atoms with Crippen LogP contribution in [0.1, 0.15) is 60.6 Å². The molecule has 0 saturated carbocycles. The van der Waals surface area contributed by atoms with E-state index in [1.54, 1.807) is 6.92 Å². The van der Waals surface area contributed by atoms with Crippen LogP contribution in [0.5, 0.6) is 0 Å². The molecule has 0 radical (unpaired) electrons. The highest BCUT2D eigenvalue weighted by molar-refractivity contribution is 7.09. The fourth-order valence-corrected chi connectivity index (χ4v) is 4.07. The molecular formula is C15H22N2O3S. The third kappa shape index (κ3) is 3.27. The van der Waals surface area contributed by atoms with Gasteiger partial charge in [0.1, 0.15) is 16.8 Å². The second-order valence-electron chi connectivity index (χ2n) is 5.95. The van der Waals surface area contributed by atoms with Crippen LogP contribution in [-0.2, 0) is 4.74 Å². The third-order valence-electron chi connectivity index (χ3n) is 4.20. The topological polar surface area (TPSA) is 62.7 Å². The molecule has 0 spiro atoms. The lowest BCUT2D eigenvalue weighted by atomic mass is 10.1. The monoisotopic (exact) mass is 310 g/mol. The SMILES string of the molecule is CC(O)CC1CCCN1C(=O)c1csc(C2CCCO2)n1. The molecular weight excluding hydrogens is 288 g/mol. The molecule has 0 aromatic carbocycles. The molecule has 5 nitrogen and oxygen atoms in total. The maximum atomic E-state index is 12.6. The van der Waals surface area contributed by atoms with Crippen LogP contribution in [0.25, 0.3) is 0 Å². The van der Waals surface area contributed by atoms with Crippen LogP contribution in [0.2, 0.25) is 0 Å². The molecule has 2 fully saturated rings. The first kappa shape index (κ1) is 14.9. The second-order valence-corrected chi connectivity index (χ2v) is 6.84. The van der Waals surface area contributed by atoms with Gasteiger partial charge >= 0.3 is 0 Å². The first-order chi connectivity index (χ1) is 10.1. The second kappa shape index (κ2) is 6.42. The maximum absolute atomic E-state index is 12.6. The smallest absolute Gasteiger partial charge is 0.273 e. The van der Waals surface area contributed by atoms with E-state index in [0.717, 1.165) is 43.8 Å². The number of ether oxygens (including phenoxy) is 1. The number of nitrogens with zero attached hydrogens (tertiary/aromatic N) is 2. The van der Waals surface area contributed by atoms with E-state index in [0.29, 0.717) is 12.1 Å². The molecule has 2 saturated heterocycles. The number of carbonyl (C=O) groups excluding carboxylic acids is 1. The molecule has 3 rings (SSSR count). The number of carbonyl (C=O) groups is 1. The quantitative estimate of drug-likeness (QED) is 0.927. The van der Waals surface area contributed by atoms with Crippen LogP contribution in [0.4, 0.5) is 0 Å². The van der Waals surface area contributed by atoms with Gasteiger partial charge in [0.15, 0.2) is 0 Å². The molecule has 21 heavy (non-hydrogen) atoms. The zero-order valence-corrected chi connectivity index (χ0v) is 13.1. The minimum absolute atomic E-state index is 0.00125. The van der Waals surface area contributed by atoms with Gasteiger partial charge in [0.05, 0.1) is 6.10 Å². The Hall–Kier alpha value is -0.980. The van der Waals surface area contributed by atoms with Gasteiger partial charge in [-0.25, -0.2) is 4.98 Å². The molecule has 1 N–H and O–H groups in total. The average Bonchev–Trinajstić information content (AvgIpc) is 3.18. The van der Waals surface area contributed by atoms with E-state index in [9.17, 15) is 9.90 Å². The number of aliphatic hydroxyl groups excluding tert-OH is 1. The van der Waals surface area contributed by atoms with E-state index >= 15 is 0 Å². The summed E-state index contributed by atoms with van der Waals surface area (Å²) in [6, 6.07) is 0.144. The average molecular weight is 310 g/mol. The number of thiazole rings is 1. The summed E-state index contributed by atoms with van der Waals surface area (Å²) in [5.41, 5.74) is 0.531. The van der Waals surface area contributed by atoms with Crippen molar-refractivity contribution in [1.29, 1.82) is 0 Å². The summed E-state index contributed by atoms with van der Waals surface area (Å²) < 4.78 is 5.62. The highest BCUT2D eigenvalue weighted by Gasteiger charge is 2.32. The normalized spacial score (nSPS) is 27.2. The standard InChI is InChI=1S/C15H22N2O3S/c1-10(18)8-11-4-2-6-17(11)15(19)12-9-21-14(16-12)13-5-3-7-20-13/h9-11,13,18H,2-8H2,1H3. The van der Waals surface area contributed by atoms with Crippen molar-refractivity contribution in [3.8, 4) is 0 Å². The van der Waals surface area contributed by atoms with Crippen molar-refractivity contribution >= 4 is 17.2 Å². The Morgan fingerprint density at radius 2 is 2.43 bits per heavy atom. The van der Waals surface area contributed by atoms with Crippen molar-refractivity contribution in [3.63, 3.8) is 0 Å². The first-order valence-corrected chi connectivity index (χ1v) is 8.59. The molecule has 3 unspecified atom stereocenters. The van der Waals surface area contributed by atoms with Crippen molar-refractivity contribution in [3.05, 3.63) is 16.1 Å². The van der Waals surface area contributed by atoms with E-state index in [1.807, 2.05) is 10.3 Å². The lowest BCUT2D eigenvalue weighted by Gasteiger charge is -2.24. The number of likely N-dealkylation sites (tertiary alicyclic amines) is 1. The summed E-state index contributed by atoms with van der Waals surface area (Å²) in [5, 5.41) is 12.3. The Balaban J connectivity index is 1.69. The van der Waals surface area contributed by atoms with Gasteiger partial charge in [0.25, 0.3) is 5.91 Å². The third-order valence-corrected chi connectivity index (χ3v) is 5.13. The highest BCUT2D eigenvalue weighted by Crippen LogP contribution is 2.31. The van der Waals surface area contributed by atoms with Crippen LogP contribution < -0.4 is 0 Å². The minimum Gasteiger partial charge on any atom is -0.393 e. The Labute approximate surface area is 128 Å². The molecule has 6 heteroatoms. The van der Waals surface area contributed by atoms with Gasteiger partial charge in [-0.1, -0.05) is 0 Å². The maximum Gasteiger partial charge on any atom is 0.273 e. The van der Waals surface area contributed by atoms with Crippen LogP contribution in [0.15, 0.2) is 5.38 Å². The van der Waals surface area contributed by atoms with Gasteiger partial charge in [0, 0.05) is 24.6 Å². The van der Waals surface area contributed by atoms with Gasteiger partial charge in [-0.05, 0) is 39.0 Å². The summed E-state index contributed by atoms with van der Waals surface area (Å²) in [4.78, 5) is 19.0. The molecule has 1 amide bonds. The summed E-state index contributed by atoms with van der Waals surface area (Å²) in [6.45, 7) is 3.33. The van der Waals surface area contributed by atoms with E-state index in [2.05, 4.69) is 4.98 Å². The molecule has 1 aromatic heterocycles.